The van der Waals surface area contributed by atoms with E-state index in [2.05, 4.69) is 26.3 Å². The highest BCUT2D eigenvalue weighted by molar-refractivity contribution is 5.59. The summed E-state index contributed by atoms with van der Waals surface area (Å²) >= 11 is 0. The van der Waals surface area contributed by atoms with E-state index >= 15 is 0 Å². The van der Waals surface area contributed by atoms with E-state index in [1.807, 2.05) is 37.3 Å². The predicted molar refractivity (Wildman–Crippen MR) is 86.8 cm³/mol. The Morgan fingerprint density at radius 1 is 1.32 bits per heavy atom. The molecular weight excluding hydrogens is 274 g/mol. The highest BCUT2D eigenvalue weighted by Gasteiger charge is 2.22. The zero-order valence-corrected chi connectivity index (χ0v) is 12.7. The van der Waals surface area contributed by atoms with Crippen LogP contribution in [0.4, 0.5) is 11.6 Å². The summed E-state index contributed by atoms with van der Waals surface area (Å²) < 4.78 is 0. The third-order valence-electron chi connectivity index (χ3n) is 3.91. The molecule has 5 heteroatoms. The SMILES string of the molecule is Cc1ccnc(NC2CCCN(c3ccccc3C#N)C2)n1. The Balaban J connectivity index is 1.73. The lowest BCUT2D eigenvalue weighted by molar-refractivity contribution is 0.527. The highest BCUT2D eigenvalue weighted by Crippen LogP contribution is 2.24. The molecular formula is C17H19N5. The maximum atomic E-state index is 9.27. The van der Waals surface area contributed by atoms with E-state index < -0.39 is 0 Å². The fourth-order valence-electron chi connectivity index (χ4n) is 2.86. The van der Waals surface area contributed by atoms with Crippen LogP contribution in [-0.2, 0) is 0 Å². The molecule has 2 aromatic rings. The number of hydrogen-bond acceptors (Lipinski definition) is 5. The maximum absolute atomic E-state index is 9.27. The molecule has 0 bridgehead atoms. The molecule has 0 aliphatic carbocycles. The van der Waals surface area contributed by atoms with Crippen molar-refractivity contribution in [3.63, 3.8) is 0 Å². The number of rotatable bonds is 3. The van der Waals surface area contributed by atoms with Crippen LogP contribution in [0.2, 0.25) is 0 Å². The summed E-state index contributed by atoms with van der Waals surface area (Å²) in [6.07, 6.45) is 3.95. The maximum Gasteiger partial charge on any atom is 0.223 e. The minimum absolute atomic E-state index is 0.294. The van der Waals surface area contributed by atoms with Crippen molar-refractivity contribution in [1.29, 1.82) is 5.26 Å². The zero-order chi connectivity index (χ0) is 15.4. The molecule has 0 saturated carbocycles. The Bertz CT molecular complexity index is 691. The number of benzene rings is 1. The Labute approximate surface area is 130 Å². The van der Waals surface area contributed by atoms with Crippen molar-refractivity contribution < 1.29 is 0 Å². The van der Waals surface area contributed by atoms with Gasteiger partial charge in [-0.2, -0.15) is 5.26 Å². The molecule has 1 aliphatic rings. The van der Waals surface area contributed by atoms with Gasteiger partial charge in [0.05, 0.1) is 11.3 Å². The zero-order valence-electron chi connectivity index (χ0n) is 12.7. The summed E-state index contributed by atoms with van der Waals surface area (Å²) in [6.45, 7) is 3.80. The Kier molecular flexibility index (Phi) is 4.19. The number of piperidine rings is 1. The summed E-state index contributed by atoms with van der Waals surface area (Å²) in [4.78, 5) is 11.0. The van der Waals surface area contributed by atoms with Crippen molar-refractivity contribution in [3.05, 3.63) is 47.8 Å². The van der Waals surface area contributed by atoms with Crippen LogP contribution in [0.1, 0.15) is 24.1 Å². The molecule has 1 fully saturated rings. The standard InChI is InChI=1S/C17H19N5/c1-13-8-9-19-17(20-13)21-15-6-4-10-22(12-15)16-7-3-2-5-14(16)11-18/h2-3,5,7-9,15H,4,6,10,12H2,1H3,(H,19,20,21). The molecule has 112 valence electrons. The van der Waals surface area contributed by atoms with Crippen molar-refractivity contribution >= 4 is 11.6 Å². The van der Waals surface area contributed by atoms with Crippen molar-refractivity contribution in [2.45, 2.75) is 25.8 Å². The summed E-state index contributed by atoms with van der Waals surface area (Å²) in [7, 11) is 0. The highest BCUT2D eigenvalue weighted by atomic mass is 15.2. The van der Waals surface area contributed by atoms with Crippen LogP contribution >= 0.6 is 0 Å². The van der Waals surface area contributed by atoms with Gasteiger partial charge in [-0.1, -0.05) is 12.1 Å². The quantitative estimate of drug-likeness (QED) is 0.942. The van der Waals surface area contributed by atoms with E-state index in [1.54, 1.807) is 6.20 Å². The average molecular weight is 293 g/mol. The van der Waals surface area contributed by atoms with Gasteiger partial charge in [-0.3, -0.25) is 0 Å². The van der Waals surface area contributed by atoms with Gasteiger partial charge in [0, 0.05) is 31.0 Å². The number of nitrogens with zero attached hydrogens (tertiary/aromatic N) is 4. The molecule has 0 amide bonds. The fraction of sp³-hybridized carbons (Fsp3) is 0.353. The van der Waals surface area contributed by atoms with Gasteiger partial charge in [-0.15, -0.1) is 0 Å². The first-order chi connectivity index (χ1) is 10.8. The molecule has 22 heavy (non-hydrogen) atoms. The van der Waals surface area contributed by atoms with Crippen LogP contribution in [0.15, 0.2) is 36.5 Å². The molecule has 1 aromatic carbocycles. The topological polar surface area (TPSA) is 64.8 Å². The van der Waals surface area contributed by atoms with Gasteiger partial charge in [-0.25, -0.2) is 9.97 Å². The van der Waals surface area contributed by atoms with Gasteiger partial charge in [0.2, 0.25) is 5.95 Å². The van der Waals surface area contributed by atoms with E-state index in [0.717, 1.165) is 42.9 Å². The number of nitrogens with one attached hydrogen (secondary N) is 1. The number of anilines is 2. The number of para-hydroxylation sites is 1. The normalized spacial score (nSPS) is 17.8. The summed E-state index contributed by atoms with van der Waals surface area (Å²) in [5.74, 6) is 0.681. The first-order valence-corrected chi connectivity index (χ1v) is 7.56. The predicted octanol–water partition coefficient (Wildman–Crippen LogP) is 2.74. The molecule has 0 radical (unpaired) electrons. The smallest absolute Gasteiger partial charge is 0.223 e. The third-order valence-corrected chi connectivity index (χ3v) is 3.91. The van der Waals surface area contributed by atoms with Gasteiger partial charge in [0.1, 0.15) is 6.07 Å². The first-order valence-electron chi connectivity index (χ1n) is 7.56. The van der Waals surface area contributed by atoms with Gasteiger partial charge in [0.15, 0.2) is 0 Å². The molecule has 1 atom stereocenters. The molecule has 1 aliphatic heterocycles. The van der Waals surface area contributed by atoms with Crippen LogP contribution < -0.4 is 10.2 Å². The van der Waals surface area contributed by atoms with Gasteiger partial charge >= 0.3 is 0 Å². The van der Waals surface area contributed by atoms with E-state index in [4.69, 9.17) is 0 Å². The largest absolute Gasteiger partial charge is 0.368 e. The number of hydrogen-bond donors (Lipinski definition) is 1. The van der Waals surface area contributed by atoms with E-state index in [1.165, 1.54) is 0 Å². The second-order valence-corrected chi connectivity index (χ2v) is 5.58. The summed E-state index contributed by atoms with van der Waals surface area (Å²) in [5.41, 5.74) is 2.71. The van der Waals surface area contributed by atoms with Crippen LogP contribution in [-0.4, -0.2) is 29.1 Å². The van der Waals surface area contributed by atoms with Gasteiger partial charge < -0.3 is 10.2 Å². The minimum Gasteiger partial charge on any atom is -0.368 e. The molecule has 1 saturated heterocycles. The van der Waals surface area contributed by atoms with Crippen LogP contribution in [0.25, 0.3) is 0 Å². The first kappa shape index (κ1) is 14.3. The lowest BCUT2D eigenvalue weighted by Crippen LogP contribution is -2.42. The molecule has 1 N–H and O–H groups in total. The van der Waals surface area contributed by atoms with Crippen LogP contribution in [0.5, 0.6) is 0 Å². The fourth-order valence-corrected chi connectivity index (χ4v) is 2.86. The second-order valence-electron chi connectivity index (χ2n) is 5.58. The molecule has 5 nitrogen and oxygen atoms in total. The van der Waals surface area contributed by atoms with Crippen molar-refractivity contribution in [2.75, 3.05) is 23.3 Å². The van der Waals surface area contributed by atoms with Crippen molar-refractivity contribution in [3.8, 4) is 6.07 Å². The van der Waals surface area contributed by atoms with Crippen LogP contribution in [0, 0.1) is 18.3 Å². The van der Waals surface area contributed by atoms with Crippen molar-refractivity contribution in [1.82, 2.24) is 9.97 Å². The van der Waals surface area contributed by atoms with Crippen LogP contribution in [0.3, 0.4) is 0 Å². The molecule has 3 rings (SSSR count). The molecule has 2 heterocycles. The number of aromatic nitrogens is 2. The Morgan fingerprint density at radius 2 is 2.18 bits per heavy atom. The molecule has 1 unspecified atom stereocenters. The minimum atomic E-state index is 0.294. The van der Waals surface area contributed by atoms with Crippen molar-refractivity contribution in [2.24, 2.45) is 0 Å². The molecule has 0 spiro atoms. The van der Waals surface area contributed by atoms with E-state index in [0.29, 0.717) is 12.0 Å². The summed E-state index contributed by atoms with van der Waals surface area (Å²) in [5, 5.41) is 12.7. The monoisotopic (exact) mass is 293 g/mol. The second kappa shape index (κ2) is 6.44. The number of aryl methyl sites for hydroxylation is 1. The lowest BCUT2D eigenvalue weighted by Gasteiger charge is -2.35. The Hall–Kier alpha value is -2.61. The lowest BCUT2D eigenvalue weighted by atomic mass is 10.0. The molecule has 1 aromatic heterocycles. The van der Waals surface area contributed by atoms with Gasteiger partial charge in [0.25, 0.3) is 0 Å². The number of nitriles is 1. The summed E-state index contributed by atoms with van der Waals surface area (Å²) in [6, 6.07) is 12.2. The van der Waals surface area contributed by atoms with Gasteiger partial charge in [-0.05, 0) is 38.0 Å². The van der Waals surface area contributed by atoms with E-state index in [-0.39, 0.29) is 0 Å². The Morgan fingerprint density at radius 3 is 3.00 bits per heavy atom. The van der Waals surface area contributed by atoms with E-state index in [9.17, 15) is 5.26 Å². The average Bonchev–Trinajstić information content (AvgIpc) is 2.55. The third kappa shape index (κ3) is 3.17.